The highest BCUT2D eigenvalue weighted by Crippen LogP contribution is 2.43. The van der Waals surface area contributed by atoms with Gasteiger partial charge in [0.25, 0.3) is 0 Å². The van der Waals surface area contributed by atoms with Crippen molar-refractivity contribution >= 4 is 11.7 Å². The van der Waals surface area contributed by atoms with Crippen LogP contribution in [0.5, 0.6) is 5.75 Å². The highest BCUT2D eigenvalue weighted by Gasteiger charge is 2.38. The Labute approximate surface area is 172 Å². The Morgan fingerprint density at radius 1 is 0.966 bits per heavy atom. The van der Waals surface area contributed by atoms with Crippen LogP contribution in [0.1, 0.15) is 61.6 Å². The minimum atomic E-state index is -0.143. The molecule has 1 aliphatic heterocycles. The van der Waals surface area contributed by atoms with Crippen LogP contribution < -0.4 is 10.1 Å². The summed E-state index contributed by atoms with van der Waals surface area (Å²) in [5.74, 6) is 0.898. The largest absolute Gasteiger partial charge is 0.491 e. The lowest BCUT2D eigenvalue weighted by molar-refractivity contribution is -0.122. The third-order valence-corrected chi connectivity index (χ3v) is 5.82. The van der Waals surface area contributed by atoms with E-state index in [0.717, 1.165) is 33.7 Å². The standard InChI is InChI=1S/C25H27NO3/c1-15(2)29-19-10-8-17(9-11-19)18-12-22-25(23(27)13-18)21(14-24(28)26-22)20-7-5-4-6-16(20)3/h4-11,15,18,21H,12-14H2,1-3H3,(H,26,28). The Morgan fingerprint density at radius 2 is 1.69 bits per heavy atom. The van der Waals surface area contributed by atoms with Crippen LogP contribution in [0.15, 0.2) is 59.8 Å². The van der Waals surface area contributed by atoms with Gasteiger partial charge in [-0.3, -0.25) is 9.59 Å². The Morgan fingerprint density at radius 3 is 2.38 bits per heavy atom. The minimum absolute atomic E-state index is 0.00821. The number of rotatable bonds is 4. The number of benzene rings is 2. The topological polar surface area (TPSA) is 55.4 Å². The van der Waals surface area contributed by atoms with E-state index >= 15 is 0 Å². The number of allylic oxidation sites excluding steroid dienone is 2. The van der Waals surface area contributed by atoms with Crippen LogP contribution in [0.2, 0.25) is 0 Å². The maximum absolute atomic E-state index is 13.2. The number of amides is 1. The van der Waals surface area contributed by atoms with Crippen LogP contribution in [-0.2, 0) is 9.59 Å². The lowest BCUT2D eigenvalue weighted by Crippen LogP contribution is -2.38. The van der Waals surface area contributed by atoms with Gasteiger partial charge in [-0.15, -0.1) is 0 Å². The van der Waals surface area contributed by atoms with Crippen molar-refractivity contribution < 1.29 is 14.3 Å². The Hall–Kier alpha value is -2.88. The monoisotopic (exact) mass is 389 g/mol. The first-order valence-corrected chi connectivity index (χ1v) is 10.3. The molecule has 2 unspecified atom stereocenters. The summed E-state index contributed by atoms with van der Waals surface area (Å²) >= 11 is 0. The predicted molar refractivity (Wildman–Crippen MR) is 113 cm³/mol. The molecule has 4 rings (SSSR count). The first-order chi connectivity index (χ1) is 13.9. The van der Waals surface area contributed by atoms with Gasteiger partial charge in [0.15, 0.2) is 5.78 Å². The maximum Gasteiger partial charge on any atom is 0.225 e. The molecule has 0 spiro atoms. The van der Waals surface area contributed by atoms with E-state index < -0.39 is 0 Å². The van der Waals surface area contributed by atoms with Crippen LogP contribution in [0.3, 0.4) is 0 Å². The van der Waals surface area contributed by atoms with E-state index in [1.807, 2.05) is 69.3 Å². The fourth-order valence-corrected chi connectivity index (χ4v) is 4.53. The van der Waals surface area contributed by atoms with Gasteiger partial charge >= 0.3 is 0 Å². The Balaban J connectivity index is 1.63. The van der Waals surface area contributed by atoms with Crippen LogP contribution >= 0.6 is 0 Å². The number of hydrogen-bond acceptors (Lipinski definition) is 3. The number of ether oxygens (including phenoxy) is 1. The molecule has 2 aliphatic rings. The lowest BCUT2D eigenvalue weighted by atomic mass is 9.73. The van der Waals surface area contributed by atoms with Crippen molar-refractivity contribution in [3.63, 3.8) is 0 Å². The number of aryl methyl sites for hydroxylation is 1. The molecule has 2 aromatic rings. The van der Waals surface area contributed by atoms with E-state index in [1.165, 1.54) is 0 Å². The first-order valence-electron chi connectivity index (χ1n) is 10.3. The summed E-state index contributed by atoms with van der Waals surface area (Å²) in [5, 5.41) is 3.00. The van der Waals surface area contributed by atoms with Crippen molar-refractivity contribution in [2.24, 2.45) is 0 Å². The van der Waals surface area contributed by atoms with E-state index in [0.29, 0.717) is 19.3 Å². The summed E-state index contributed by atoms with van der Waals surface area (Å²) < 4.78 is 5.72. The number of hydrogen-bond donors (Lipinski definition) is 1. The molecule has 0 aromatic heterocycles. The summed E-state index contributed by atoms with van der Waals surface area (Å²) in [6, 6.07) is 16.0. The van der Waals surface area contributed by atoms with E-state index in [4.69, 9.17) is 4.74 Å². The van der Waals surface area contributed by atoms with Gasteiger partial charge in [-0.25, -0.2) is 0 Å². The number of ketones is 1. The average Bonchev–Trinajstić information content (AvgIpc) is 2.67. The third-order valence-electron chi connectivity index (χ3n) is 5.82. The van der Waals surface area contributed by atoms with E-state index in [-0.39, 0.29) is 29.6 Å². The molecule has 29 heavy (non-hydrogen) atoms. The molecule has 1 N–H and O–H groups in total. The molecular formula is C25H27NO3. The highest BCUT2D eigenvalue weighted by molar-refractivity contribution is 6.02. The number of nitrogens with one attached hydrogen (secondary N) is 1. The molecule has 0 fully saturated rings. The van der Waals surface area contributed by atoms with Crippen LogP contribution in [0.4, 0.5) is 0 Å². The molecule has 0 bridgehead atoms. The smallest absolute Gasteiger partial charge is 0.225 e. The van der Waals surface area contributed by atoms with Gasteiger partial charge in [0.1, 0.15) is 5.75 Å². The second-order valence-electron chi connectivity index (χ2n) is 8.32. The molecule has 0 saturated heterocycles. The Bertz CT molecular complexity index is 972. The SMILES string of the molecule is Cc1ccccc1C1CC(=O)NC2=C1C(=O)CC(c1ccc(OC(C)C)cc1)C2. The molecule has 1 amide bonds. The molecule has 1 heterocycles. The fourth-order valence-electron chi connectivity index (χ4n) is 4.53. The van der Waals surface area contributed by atoms with Crippen molar-refractivity contribution in [2.45, 2.75) is 58.0 Å². The third kappa shape index (κ3) is 3.98. The molecule has 1 aliphatic carbocycles. The van der Waals surface area contributed by atoms with Crippen molar-refractivity contribution in [1.29, 1.82) is 0 Å². The molecule has 150 valence electrons. The van der Waals surface area contributed by atoms with E-state index in [9.17, 15) is 9.59 Å². The van der Waals surface area contributed by atoms with Crippen molar-refractivity contribution in [1.82, 2.24) is 5.32 Å². The van der Waals surface area contributed by atoms with Crippen LogP contribution in [0.25, 0.3) is 0 Å². The summed E-state index contributed by atoms with van der Waals surface area (Å²) in [4.78, 5) is 25.6. The quantitative estimate of drug-likeness (QED) is 0.818. The zero-order chi connectivity index (χ0) is 20.5. The predicted octanol–water partition coefficient (Wildman–Crippen LogP) is 4.79. The second kappa shape index (κ2) is 7.86. The molecule has 0 radical (unpaired) electrons. The van der Waals surface area contributed by atoms with Gasteiger partial charge in [-0.1, -0.05) is 36.4 Å². The summed E-state index contributed by atoms with van der Waals surface area (Å²) in [7, 11) is 0. The van der Waals surface area contributed by atoms with E-state index in [2.05, 4.69) is 5.32 Å². The van der Waals surface area contributed by atoms with Crippen molar-refractivity contribution in [2.75, 3.05) is 0 Å². The van der Waals surface area contributed by atoms with Gasteiger partial charge in [0.2, 0.25) is 5.91 Å². The lowest BCUT2D eigenvalue weighted by Gasteiger charge is -2.35. The minimum Gasteiger partial charge on any atom is -0.491 e. The average molecular weight is 389 g/mol. The normalized spacial score (nSPS) is 21.8. The summed E-state index contributed by atoms with van der Waals surface area (Å²) in [5.41, 5.74) is 4.91. The van der Waals surface area contributed by atoms with Gasteiger partial charge in [-0.05, 0) is 61.9 Å². The summed E-state index contributed by atoms with van der Waals surface area (Å²) in [6.45, 7) is 6.04. The molecule has 0 saturated carbocycles. The molecule has 4 nitrogen and oxygen atoms in total. The zero-order valence-corrected chi connectivity index (χ0v) is 17.2. The molecule has 2 atom stereocenters. The first kappa shape index (κ1) is 19.4. The zero-order valence-electron chi connectivity index (χ0n) is 17.2. The molecular weight excluding hydrogens is 362 g/mol. The maximum atomic E-state index is 13.2. The van der Waals surface area contributed by atoms with Crippen LogP contribution in [-0.4, -0.2) is 17.8 Å². The number of carbonyl (C=O) groups excluding carboxylic acids is 2. The van der Waals surface area contributed by atoms with Gasteiger partial charge in [0.05, 0.1) is 6.10 Å². The van der Waals surface area contributed by atoms with Gasteiger partial charge < -0.3 is 10.1 Å². The fraction of sp³-hybridized carbons (Fsp3) is 0.360. The van der Waals surface area contributed by atoms with Crippen molar-refractivity contribution in [3.05, 3.63) is 76.5 Å². The van der Waals surface area contributed by atoms with Crippen LogP contribution in [0, 0.1) is 6.92 Å². The second-order valence-corrected chi connectivity index (χ2v) is 8.32. The molecule has 4 heteroatoms. The van der Waals surface area contributed by atoms with E-state index in [1.54, 1.807) is 0 Å². The molecule has 2 aromatic carbocycles. The van der Waals surface area contributed by atoms with Gasteiger partial charge in [-0.2, -0.15) is 0 Å². The number of carbonyl (C=O) groups is 2. The Kier molecular flexibility index (Phi) is 5.27. The highest BCUT2D eigenvalue weighted by atomic mass is 16.5. The summed E-state index contributed by atoms with van der Waals surface area (Å²) in [6.07, 6.45) is 1.61. The van der Waals surface area contributed by atoms with Crippen molar-refractivity contribution in [3.8, 4) is 5.75 Å². The van der Waals surface area contributed by atoms with Gasteiger partial charge in [0, 0.05) is 30.0 Å². The number of Topliss-reactive ketones (excluding diaryl/α,β-unsaturated/α-hetero) is 1.